The van der Waals surface area contributed by atoms with Crippen molar-refractivity contribution in [3.63, 3.8) is 0 Å². The third-order valence-electron chi connectivity index (χ3n) is 3.50. The van der Waals surface area contributed by atoms with Gasteiger partial charge in [-0.3, -0.25) is 9.59 Å². The maximum absolute atomic E-state index is 11.7. The molecule has 2 N–H and O–H groups in total. The topological polar surface area (TPSA) is 82.9 Å². The Balaban J connectivity index is 1.66. The van der Waals surface area contributed by atoms with Crippen LogP contribution in [0.15, 0.2) is 46.6 Å². The second-order valence-corrected chi connectivity index (χ2v) is 7.42. The van der Waals surface area contributed by atoms with E-state index in [0.29, 0.717) is 37.6 Å². The second-order valence-electron chi connectivity index (χ2n) is 5.79. The van der Waals surface area contributed by atoms with Gasteiger partial charge in [0.15, 0.2) is 0 Å². The van der Waals surface area contributed by atoms with Crippen molar-refractivity contribution in [2.75, 3.05) is 0 Å². The van der Waals surface area contributed by atoms with Crippen LogP contribution in [0.5, 0.6) is 0 Å². The fraction of sp³-hybridized carbons (Fsp3) is 0.158. The summed E-state index contributed by atoms with van der Waals surface area (Å²) in [5.74, 6) is -0.623. The Hall–Kier alpha value is -2.12. The van der Waals surface area contributed by atoms with E-state index in [-0.39, 0.29) is 24.7 Å². The number of benzene rings is 2. The van der Waals surface area contributed by atoms with Crippen LogP contribution in [-0.2, 0) is 9.59 Å². The van der Waals surface area contributed by atoms with E-state index in [1.54, 1.807) is 36.4 Å². The highest BCUT2D eigenvalue weighted by Crippen LogP contribution is 2.22. The molecule has 0 aliphatic heterocycles. The van der Waals surface area contributed by atoms with Crippen LogP contribution < -0.4 is 10.9 Å². The van der Waals surface area contributed by atoms with Crippen molar-refractivity contribution in [2.45, 2.75) is 19.3 Å². The molecular formula is C19H16Cl4N4O2. The normalized spacial score (nSPS) is 11.2. The lowest BCUT2D eigenvalue weighted by Crippen LogP contribution is -2.20. The molecule has 0 atom stereocenters. The van der Waals surface area contributed by atoms with E-state index in [2.05, 4.69) is 21.1 Å². The Morgan fingerprint density at radius 2 is 1.14 bits per heavy atom. The van der Waals surface area contributed by atoms with Gasteiger partial charge in [0.05, 0.1) is 32.5 Å². The molecule has 10 heteroatoms. The number of hydrogen-bond acceptors (Lipinski definition) is 4. The summed E-state index contributed by atoms with van der Waals surface area (Å²) in [6.45, 7) is 0. The monoisotopic (exact) mass is 472 g/mol. The molecule has 2 rings (SSSR count). The predicted octanol–water partition coefficient (Wildman–Crippen LogP) is 5.07. The zero-order chi connectivity index (χ0) is 21.2. The van der Waals surface area contributed by atoms with E-state index >= 15 is 0 Å². The minimum Gasteiger partial charge on any atom is -0.273 e. The molecule has 0 bridgehead atoms. The van der Waals surface area contributed by atoms with Gasteiger partial charge in [-0.05, 0) is 41.8 Å². The van der Waals surface area contributed by atoms with Crippen molar-refractivity contribution in [3.05, 3.63) is 67.6 Å². The number of nitrogens with one attached hydrogen (secondary N) is 2. The Morgan fingerprint density at radius 1 is 0.724 bits per heavy atom. The molecule has 0 aromatic heterocycles. The van der Waals surface area contributed by atoms with Gasteiger partial charge in [-0.2, -0.15) is 10.2 Å². The zero-order valence-electron chi connectivity index (χ0n) is 15.0. The van der Waals surface area contributed by atoms with E-state index in [1.165, 1.54) is 12.4 Å². The van der Waals surface area contributed by atoms with E-state index < -0.39 is 0 Å². The van der Waals surface area contributed by atoms with Crippen molar-refractivity contribution in [1.82, 2.24) is 10.9 Å². The molecule has 152 valence electrons. The van der Waals surface area contributed by atoms with Crippen molar-refractivity contribution in [2.24, 2.45) is 10.2 Å². The molecule has 2 aromatic carbocycles. The van der Waals surface area contributed by atoms with Crippen LogP contribution in [0.1, 0.15) is 30.4 Å². The minimum absolute atomic E-state index is 0.142. The second kappa shape index (κ2) is 11.8. The summed E-state index contributed by atoms with van der Waals surface area (Å²) in [6, 6.07) is 9.95. The number of halogens is 4. The van der Waals surface area contributed by atoms with Gasteiger partial charge in [-0.25, -0.2) is 10.9 Å². The highest BCUT2D eigenvalue weighted by molar-refractivity contribution is 6.42. The van der Waals surface area contributed by atoms with Gasteiger partial charge < -0.3 is 0 Å². The van der Waals surface area contributed by atoms with Gasteiger partial charge in [0, 0.05) is 12.8 Å². The number of amides is 2. The van der Waals surface area contributed by atoms with Crippen LogP contribution in [0.2, 0.25) is 20.1 Å². The average molecular weight is 474 g/mol. The fourth-order valence-electron chi connectivity index (χ4n) is 2.06. The molecule has 0 saturated carbocycles. The third-order valence-corrected chi connectivity index (χ3v) is 4.98. The van der Waals surface area contributed by atoms with Gasteiger partial charge in [-0.1, -0.05) is 58.5 Å². The molecule has 2 amide bonds. The molecule has 2 aromatic rings. The van der Waals surface area contributed by atoms with Gasteiger partial charge in [0.25, 0.3) is 0 Å². The lowest BCUT2D eigenvalue weighted by atomic mass is 10.2. The van der Waals surface area contributed by atoms with E-state index in [9.17, 15) is 9.59 Å². The Kier molecular flexibility index (Phi) is 9.41. The first kappa shape index (κ1) is 23.2. The summed E-state index contributed by atoms with van der Waals surface area (Å²) < 4.78 is 0. The summed E-state index contributed by atoms with van der Waals surface area (Å²) in [7, 11) is 0. The quantitative estimate of drug-likeness (QED) is 0.414. The highest BCUT2D eigenvalue weighted by Gasteiger charge is 2.04. The minimum atomic E-state index is -0.312. The third kappa shape index (κ3) is 8.41. The maximum atomic E-state index is 11.7. The smallest absolute Gasteiger partial charge is 0.240 e. The first-order chi connectivity index (χ1) is 13.8. The number of carbonyl (C=O) groups excluding carboxylic acids is 2. The Labute approximate surface area is 187 Å². The van der Waals surface area contributed by atoms with Crippen LogP contribution in [0, 0.1) is 0 Å². The van der Waals surface area contributed by atoms with Crippen molar-refractivity contribution < 1.29 is 9.59 Å². The molecule has 29 heavy (non-hydrogen) atoms. The fourth-order valence-corrected chi connectivity index (χ4v) is 2.68. The molecule has 0 aliphatic carbocycles. The van der Waals surface area contributed by atoms with Gasteiger partial charge in [0.1, 0.15) is 0 Å². The molecule has 0 saturated heterocycles. The summed E-state index contributed by atoms with van der Waals surface area (Å²) in [5.41, 5.74) is 6.15. The maximum Gasteiger partial charge on any atom is 0.240 e. The Bertz CT molecular complexity index is 872. The lowest BCUT2D eigenvalue weighted by molar-refractivity contribution is -0.122. The summed E-state index contributed by atoms with van der Waals surface area (Å²) >= 11 is 23.4. The summed E-state index contributed by atoms with van der Waals surface area (Å²) in [5, 5.41) is 9.34. The molecule has 0 heterocycles. The molecular weight excluding hydrogens is 458 g/mol. The predicted molar refractivity (Wildman–Crippen MR) is 118 cm³/mol. The van der Waals surface area contributed by atoms with Crippen molar-refractivity contribution in [1.29, 1.82) is 0 Å². The number of rotatable bonds is 8. The number of hydrogen-bond donors (Lipinski definition) is 2. The van der Waals surface area contributed by atoms with Crippen LogP contribution >= 0.6 is 46.4 Å². The molecule has 0 fully saturated rings. The molecule has 0 spiro atoms. The first-order valence-corrected chi connectivity index (χ1v) is 9.90. The highest BCUT2D eigenvalue weighted by atomic mass is 35.5. The van der Waals surface area contributed by atoms with Crippen LogP contribution in [0.4, 0.5) is 0 Å². The van der Waals surface area contributed by atoms with Gasteiger partial charge in [0.2, 0.25) is 11.8 Å². The largest absolute Gasteiger partial charge is 0.273 e. The first-order valence-electron chi connectivity index (χ1n) is 8.39. The van der Waals surface area contributed by atoms with Gasteiger partial charge >= 0.3 is 0 Å². The van der Waals surface area contributed by atoms with Crippen LogP contribution in [0.3, 0.4) is 0 Å². The van der Waals surface area contributed by atoms with Crippen LogP contribution in [0.25, 0.3) is 0 Å². The number of carbonyl (C=O) groups is 2. The Morgan fingerprint density at radius 3 is 1.52 bits per heavy atom. The molecule has 6 nitrogen and oxygen atoms in total. The molecule has 0 aliphatic rings. The van der Waals surface area contributed by atoms with Crippen LogP contribution in [-0.4, -0.2) is 24.2 Å². The zero-order valence-corrected chi connectivity index (χ0v) is 18.0. The van der Waals surface area contributed by atoms with E-state index in [4.69, 9.17) is 46.4 Å². The summed E-state index contributed by atoms with van der Waals surface area (Å²) in [4.78, 5) is 23.5. The van der Waals surface area contributed by atoms with Crippen molar-refractivity contribution >= 4 is 70.6 Å². The SMILES string of the molecule is O=C(CCCC(=O)N/N=C/c1ccc(Cl)c(Cl)c1)N/N=C/c1ccc(Cl)c(Cl)c1. The summed E-state index contributed by atoms with van der Waals surface area (Å²) in [6.07, 6.45) is 3.53. The molecule has 0 radical (unpaired) electrons. The number of hydrazone groups is 2. The standard InChI is InChI=1S/C19H16Cl4N4O2/c20-14-6-4-12(8-16(14)22)10-24-26-18(28)2-1-3-19(29)27-25-11-13-5-7-15(21)17(23)9-13/h4-11H,1-3H2,(H,26,28)(H,27,29)/b24-10+,25-11+. The molecule has 0 unspecified atom stereocenters. The van der Waals surface area contributed by atoms with E-state index in [0.717, 1.165) is 0 Å². The lowest BCUT2D eigenvalue weighted by Gasteiger charge is -2.01. The average Bonchev–Trinajstić information content (AvgIpc) is 2.67. The van der Waals surface area contributed by atoms with Gasteiger partial charge in [-0.15, -0.1) is 0 Å². The number of nitrogens with zero attached hydrogens (tertiary/aromatic N) is 2. The van der Waals surface area contributed by atoms with E-state index in [1.807, 2.05) is 0 Å². The van der Waals surface area contributed by atoms with Crippen molar-refractivity contribution in [3.8, 4) is 0 Å².